The summed E-state index contributed by atoms with van der Waals surface area (Å²) in [5.41, 5.74) is 4.25. The Labute approximate surface area is 113 Å². The molecule has 0 fully saturated rings. The molecule has 0 saturated heterocycles. The molecule has 18 heavy (non-hydrogen) atoms. The number of hydrogen-bond acceptors (Lipinski definition) is 1. The highest BCUT2D eigenvalue weighted by Crippen LogP contribution is 2.13. The van der Waals surface area contributed by atoms with Gasteiger partial charge in [0, 0.05) is 6.04 Å². The molecule has 102 valence electrons. The molecular weight excluding hydrogens is 218 g/mol. The molecule has 0 amide bonds. The van der Waals surface area contributed by atoms with Gasteiger partial charge in [-0.15, -0.1) is 0 Å². The summed E-state index contributed by atoms with van der Waals surface area (Å²) in [7, 11) is 0. The lowest BCUT2D eigenvalue weighted by molar-refractivity contribution is 0.462. The fourth-order valence-electron chi connectivity index (χ4n) is 2.55. The average Bonchev–Trinajstić information content (AvgIpc) is 2.31. The molecule has 0 aliphatic heterocycles. The molecular formula is C17H29N. The second-order valence-corrected chi connectivity index (χ2v) is 5.49. The van der Waals surface area contributed by atoms with Crippen molar-refractivity contribution in [1.82, 2.24) is 5.32 Å². The minimum Gasteiger partial charge on any atom is -0.314 e. The first-order valence-corrected chi connectivity index (χ1v) is 7.46. The molecule has 0 spiro atoms. The van der Waals surface area contributed by atoms with Crippen LogP contribution in [0.25, 0.3) is 0 Å². The van der Waals surface area contributed by atoms with Gasteiger partial charge in [0.05, 0.1) is 0 Å². The van der Waals surface area contributed by atoms with Crippen LogP contribution in [0.4, 0.5) is 0 Å². The van der Waals surface area contributed by atoms with E-state index in [2.05, 4.69) is 51.2 Å². The van der Waals surface area contributed by atoms with Crippen LogP contribution in [0.5, 0.6) is 0 Å². The molecule has 1 N–H and O–H groups in total. The van der Waals surface area contributed by atoms with Gasteiger partial charge in [0.1, 0.15) is 0 Å². The minimum absolute atomic E-state index is 0.645. The molecule has 1 rings (SSSR count). The number of rotatable bonds is 8. The van der Waals surface area contributed by atoms with Crippen molar-refractivity contribution in [2.45, 2.75) is 65.8 Å². The summed E-state index contributed by atoms with van der Waals surface area (Å²) in [5, 5.41) is 3.69. The van der Waals surface area contributed by atoms with Crippen molar-refractivity contribution < 1.29 is 0 Å². The second-order valence-electron chi connectivity index (χ2n) is 5.49. The summed E-state index contributed by atoms with van der Waals surface area (Å²) >= 11 is 0. The van der Waals surface area contributed by atoms with Crippen LogP contribution < -0.4 is 5.32 Å². The minimum atomic E-state index is 0.645. The van der Waals surface area contributed by atoms with Crippen molar-refractivity contribution >= 4 is 0 Å². The molecule has 1 aromatic rings. The summed E-state index contributed by atoms with van der Waals surface area (Å²) < 4.78 is 0. The van der Waals surface area contributed by atoms with Crippen LogP contribution >= 0.6 is 0 Å². The molecule has 1 heteroatoms. The first-order chi connectivity index (χ1) is 8.65. The SMILES string of the molecule is CCCCC(Cc1cc(C)cc(C)c1)NCCC. The predicted molar refractivity (Wildman–Crippen MR) is 81.2 cm³/mol. The lowest BCUT2D eigenvalue weighted by Crippen LogP contribution is -2.31. The van der Waals surface area contributed by atoms with E-state index >= 15 is 0 Å². The lowest BCUT2D eigenvalue weighted by atomic mass is 9.98. The molecule has 0 aliphatic carbocycles. The molecule has 1 aromatic carbocycles. The van der Waals surface area contributed by atoms with E-state index in [1.165, 1.54) is 48.8 Å². The first-order valence-electron chi connectivity index (χ1n) is 7.46. The Bertz CT molecular complexity index is 315. The summed E-state index contributed by atoms with van der Waals surface area (Å²) in [5.74, 6) is 0. The van der Waals surface area contributed by atoms with Crippen molar-refractivity contribution in [2.24, 2.45) is 0 Å². The van der Waals surface area contributed by atoms with E-state index in [0.717, 1.165) is 6.54 Å². The number of benzene rings is 1. The van der Waals surface area contributed by atoms with Gasteiger partial charge in [0.25, 0.3) is 0 Å². The maximum Gasteiger partial charge on any atom is 0.0107 e. The number of nitrogens with one attached hydrogen (secondary N) is 1. The highest BCUT2D eigenvalue weighted by atomic mass is 14.9. The maximum atomic E-state index is 3.69. The van der Waals surface area contributed by atoms with Gasteiger partial charge in [-0.3, -0.25) is 0 Å². The zero-order valence-corrected chi connectivity index (χ0v) is 12.6. The third-order valence-electron chi connectivity index (χ3n) is 3.35. The fourth-order valence-corrected chi connectivity index (χ4v) is 2.55. The van der Waals surface area contributed by atoms with Gasteiger partial charge in [-0.25, -0.2) is 0 Å². The molecule has 0 aliphatic rings. The van der Waals surface area contributed by atoms with Gasteiger partial charge in [0.2, 0.25) is 0 Å². The molecule has 1 atom stereocenters. The zero-order valence-electron chi connectivity index (χ0n) is 12.6. The summed E-state index contributed by atoms with van der Waals surface area (Å²) in [6, 6.07) is 7.56. The van der Waals surface area contributed by atoms with E-state index in [4.69, 9.17) is 0 Å². The monoisotopic (exact) mass is 247 g/mol. The number of hydrogen-bond donors (Lipinski definition) is 1. The van der Waals surface area contributed by atoms with Crippen LogP contribution in [-0.4, -0.2) is 12.6 Å². The van der Waals surface area contributed by atoms with Crippen molar-refractivity contribution in [3.63, 3.8) is 0 Å². The van der Waals surface area contributed by atoms with Crippen molar-refractivity contribution in [2.75, 3.05) is 6.54 Å². The lowest BCUT2D eigenvalue weighted by Gasteiger charge is -2.19. The molecule has 0 radical (unpaired) electrons. The summed E-state index contributed by atoms with van der Waals surface area (Å²) in [4.78, 5) is 0. The van der Waals surface area contributed by atoms with Crippen molar-refractivity contribution in [3.05, 3.63) is 34.9 Å². The highest BCUT2D eigenvalue weighted by Gasteiger charge is 2.08. The maximum absolute atomic E-state index is 3.69. The standard InChI is InChI=1S/C17H29N/c1-5-7-8-17(18-9-6-2)13-16-11-14(3)10-15(4)12-16/h10-12,17-18H,5-9,13H2,1-4H3. The molecule has 1 unspecified atom stereocenters. The predicted octanol–water partition coefficient (Wildman–Crippen LogP) is 4.40. The van der Waals surface area contributed by atoms with Gasteiger partial charge in [0.15, 0.2) is 0 Å². The van der Waals surface area contributed by atoms with Crippen LogP contribution in [0, 0.1) is 13.8 Å². The molecule has 0 aromatic heterocycles. The van der Waals surface area contributed by atoms with Crippen LogP contribution in [-0.2, 0) is 6.42 Å². The zero-order chi connectivity index (χ0) is 13.4. The topological polar surface area (TPSA) is 12.0 Å². The van der Waals surface area contributed by atoms with E-state index in [9.17, 15) is 0 Å². The van der Waals surface area contributed by atoms with E-state index in [1.807, 2.05) is 0 Å². The van der Waals surface area contributed by atoms with Crippen LogP contribution in [0.2, 0.25) is 0 Å². The molecule has 1 nitrogen and oxygen atoms in total. The number of aryl methyl sites for hydroxylation is 2. The smallest absolute Gasteiger partial charge is 0.0107 e. The summed E-state index contributed by atoms with van der Waals surface area (Å²) in [6.45, 7) is 10.0. The summed E-state index contributed by atoms with van der Waals surface area (Å²) in [6.07, 6.45) is 6.30. The Hall–Kier alpha value is -0.820. The third kappa shape index (κ3) is 5.68. The van der Waals surface area contributed by atoms with Crippen LogP contribution in [0.1, 0.15) is 56.2 Å². The highest BCUT2D eigenvalue weighted by molar-refractivity contribution is 5.29. The van der Waals surface area contributed by atoms with Crippen LogP contribution in [0.15, 0.2) is 18.2 Å². The normalized spacial score (nSPS) is 12.7. The first kappa shape index (κ1) is 15.2. The Kier molecular flexibility index (Phi) is 7.04. The number of unbranched alkanes of at least 4 members (excludes halogenated alkanes) is 1. The van der Waals surface area contributed by atoms with Gasteiger partial charge in [-0.05, 0) is 45.2 Å². The van der Waals surface area contributed by atoms with Gasteiger partial charge < -0.3 is 5.32 Å². The molecule has 0 saturated carbocycles. The van der Waals surface area contributed by atoms with Gasteiger partial charge in [-0.2, -0.15) is 0 Å². The van der Waals surface area contributed by atoms with E-state index < -0.39 is 0 Å². The largest absolute Gasteiger partial charge is 0.314 e. The van der Waals surface area contributed by atoms with Gasteiger partial charge >= 0.3 is 0 Å². The quantitative estimate of drug-likeness (QED) is 0.717. The van der Waals surface area contributed by atoms with Crippen molar-refractivity contribution in [3.8, 4) is 0 Å². The Balaban J connectivity index is 2.62. The molecule has 0 heterocycles. The average molecular weight is 247 g/mol. The Morgan fingerprint density at radius 3 is 2.22 bits per heavy atom. The Morgan fingerprint density at radius 1 is 1.00 bits per heavy atom. The third-order valence-corrected chi connectivity index (χ3v) is 3.35. The van der Waals surface area contributed by atoms with Crippen molar-refractivity contribution in [1.29, 1.82) is 0 Å². The van der Waals surface area contributed by atoms with Gasteiger partial charge in [-0.1, -0.05) is 56.0 Å². The van der Waals surface area contributed by atoms with E-state index in [-0.39, 0.29) is 0 Å². The van der Waals surface area contributed by atoms with Crippen LogP contribution in [0.3, 0.4) is 0 Å². The Morgan fingerprint density at radius 2 is 1.67 bits per heavy atom. The molecule has 0 bridgehead atoms. The van der Waals surface area contributed by atoms with E-state index in [1.54, 1.807) is 0 Å². The van der Waals surface area contributed by atoms with E-state index in [0.29, 0.717) is 6.04 Å². The second kappa shape index (κ2) is 8.31. The fraction of sp³-hybridized carbons (Fsp3) is 0.647.